The van der Waals surface area contributed by atoms with Gasteiger partial charge in [-0.2, -0.15) is 0 Å². The molecule has 1 aliphatic rings. The van der Waals surface area contributed by atoms with E-state index >= 15 is 0 Å². The minimum atomic E-state index is -0.0864. The normalized spacial score (nSPS) is 22.9. The maximum Gasteiger partial charge on any atom is 0.251 e. The van der Waals surface area contributed by atoms with Crippen molar-refractivity contribution in [1.29, 1.82) is 0 Å². The molecule has 3 nitrogen and oxygen atoms in total. The zero-order valence-electron chi connectivity index (χ0n) is 11.5. The molecule has 0 heterocycles. The maximum absolute atomic E-state index is 11.6. The molecular formula is C15H21ClN2O. The van der Waals surface area contributed by atoms with Crippen LogP contribution in [0.15, 0.2) is 18.2 Å². The van der Waals surface area contributed by atoms with Crippen LogP contribution in [0.4, 0.5) is 5.69 Å². The average Bonchev–Trinajstić information content (AvgIpc) is 2.40. The molecule has 0 spiro atoms. The highest BCUT2D eigenvalue weighted by Gasteiger charge is 2.19. The lowest BCUT2D eigenvalue weighted by molar-refractivity contribution is 0.0963. The number of halogens is 1. The fourth-order valence-corrected chi connectivity index (χ4v) is 2.88. The summed E-state index contributed by atoms with van der Waals surface area (Å²) in [5, 5.41) is 6.79. The van der Waals surface area contributed by atoms with Crippen molar-refractivity contribution in [3.8, 4) is 0 Å². The van der Waals surface area contributed by atoms with Crippen LogP contribution in [-0.2, 0) is 0 Å². The second-order valence-electron chi connectivity index (χ2n) is 5.39. The monoisotopic (exact) mass is 280 g/mol. The van der Waals surface area contributed by atoms with Gasteiger partial charge < -0.3 is 10.6 Å². The van der Waals surface area contributed by atoms with Gasteiger partial charge in [0.25, 0.3) is 5.91 Å². The number of benzene rings is 1. The molecule has 1 amide bonds. The minimum absolute atomic E-state index is 0.0864. The predicted octanol–water partition coefficient (Wildman–Crippen LogP) is 3.69. The molecule has 2 rings (SSSR count). The van der Waals surface area contributed by atoms with E-state index in [1.165, 1.54) is 25.7 Å². The van der Waals surface area contributed by atoms with Gasteiger partial charge in [0.05, 0.1) is 10.7 Å². The van der Waals surface area contributed by atoms with Gasteiger partial charge in [0, 0.05) is 18.7 Å². The topological polar surface area (TPSA) is 41.1 Å². The Morgan fingerprint density at radius 3 is 2.84 bits per heavy atom. The van der Waals surface area contributed by atoms with Crippen molar-refractivity contribution in [1.82, 2.24) is 5.32 Å². The standard InChI is InChI=1S/C15H21ClN2O/c1-10-4-3-5-12(8-10)18-14-9-11(15(19)17-2)6-7-13(14)16/h6-7,9-10,12,18H,3-5,8H2,1-2H3,(H,17,19). The lowest BCUT2D eigenvalue weighted by Gasteiger charge is -2.28. The fourth-order valence-electron chi connectivity index (χ4n) is 2.71. The van der Waals surface area contributed by atoms with Crippen molar-refractivity contribution in [2.75, 3.05) is 12.4 Å². The van der Waals surface area contributed by atoms with Crippen LogP contribution in [0, 0.1) is 5.92 Å². The maximum atomic E-state index is 11.6. The summed E-state index contributed by atoms with van der Waals surface area (Å²) >= 11 is 6.21. The highest BCUT2D eigenvalue weighted by molar-refractivity contribution is 6.33. The predicted molar refractivity (Wildman–Crippen MR) is 79.9 cm³/mol. The van der Waals surface area contributed by atoms with Crippen LogP contribution in [0.5, 0.6) is 0 Å². The first kappa shape index (κ1) is 14.2. The van der Waals surface area contributed by atoms with Crippen LogP contribution in [0.1, 0.15) is 43.0 Å². The first-order chi connectivity index (χ1) is 9.10. The lowest BCUT2D eigenvalue weighted by Crippen LogP contribution is -2.26. The average molecular weight is 281 g/mol. The number of hydrogen-bond donors (Lipinski definition) is 2. The van der Waals surface area contributed by atoms with Crippen LogP contribution in [-0.4, -0.2) is 19.0 Å². The summed E-state index contributed by atoms with van der Waals surface area (Å²) in [6.07, 6.45) is 4.90. The molecule has 2 N–H and O–H groups in total. The number of carbonyl (C=O) groups is 1. The molecule has 104 valence electrons. The molecule has 1 fully saturated rings. The molecule has 1 saturated carbocycles. The van der Waals surface area contributed by atoms with E-state index < -0.39 is 0 Å². The van der Waals surface area contributed by atoms with Crippen LogP contribution in [0.2, 0.25) is 5.02 Å². The number of hydrogen-bond acceptors (Lipinski definition) is 2. The van der Waals surface area contributed by atoms with E-state index in [0.29, 0.717) is 16.6 Å². The molecule has 0 saturated heterocycles. The van der Waals surface area contributed by atoms with E-state index in [9.17, 15) is 4.79 Å². The quantitative estimate of drug-likeness (QED) is 0.887. The number of rotatable bonds is 3. The summed E-state index contributed by atoms with van der Waals surface area (Å²) in [6.45, 7) is 2.29. The third kappa shape index (κ3) is 3.63. The number of amides is 1. The summed E-state index contributed by atoms with van der Waals surface area (Å²) < 4.78 is 0. The molecule has 1 aromatic rings. The molecule has 1 aromatic carbocycles. The Kier molecular flexibility index (Phi) is 4.70. The van der Waals surface area contributed by atoms with Gasteiger partial charge in [-0.1, -0.05) is 31.4 Å². The van der Waals surface area contributed by atoms with E-state index in [1.807, 2.05) is 6.07 Å². The summed E-state index contributed by atoms with van der Waals surface area (Å²) in [5.41, 5.74) is 1.50. The SMILES string of the molecule is CNC(=O)c1ccc(Cl)c(NC2CCCC(C)C2)c1. The summed E-state index contributed by atoms with van der Waals surface area (Å²) in [5.74, 6) is 0.670. The first-order valence-corrected chi connectivity index (χ1v) is 7.26. The van der Waals surface area contributed by atoms with Gasteiger partial charge in [-0.3, -0.25) is 4.79 Å². The molecule has 4 heteroatoms. The summed E-state index contributed by atoms with van der Waals surface area (Å²) in [6, 6.07) is 5.82. The van der Waals surface area contributed by atoms with Gasteiger partial charge >= 0.3 is 0 Å². The van der Waals surface area contributed by atoms with E-state index in [0.717, 1.165) is 11.6 Å². The van der Waals surface area contributed by atoms with Gasteiger partial charge in [0.15, 0.2) is 0 Å². The highest BCUT2D eigenvalue weighted by Crippen LogP contribution is 2.29. The Labute approximate surface area is 119 Å². The fraction of sp³-hybridized carbons (Fsp3) is 0.533. The zero-order valence-corrected chi connectivity index (χ0v) is 12.3. The van der Waals surface area contributed by atoms with E-state index in [2.05, 4.69) is 17.6 Å². The number of anilines is 1. The van der Waals surface area contributed by atoms with Crippen LogP contribution in [0.3, 0.4) is 0 Å². The molecule has 2 unspecified atom stereocenters. The van der Waals surface area contributed by atoms with Crippen LogP contribution in [0.25, 0.3) is 0 Å². The van der Waals surface area contributed by atoms with Crippen molar-refractivity contribution in [3.05, 3.63) is 28.8 Å². The van der Waals surface area contributed by atoms with Crippen molar-refractivity contribution in [3.63, 3.8) is 0 Å². The summed E-state index contributed by atoms with van der Waals surface area (Å²) in [7, 11) is 1.63. The Bertz CT molecular complexity index is 461. The van der Waals surface area contributed by atoms with Gasteiger partial charge in [-0.25, -0.2) is 0 Å². The second kappa shape index (κ2) is 6.29. The number of carbonyl (C=O) groups excluding carboxylic acids is 1. The van der Waals surface area contributed by atoms with Gasteiger partial charge in [0.2, 0.25) is 0 Å². The Morgan fingerprint density at radius 2 is 2.16 bits per heavy atom. The molecule has 1 aliphatic carbocycles. The first-order valence-electron chi connectivity index (χ1n) is 6.88. The largest absolute Gasteiger partial charge is 0.381 e. The van der Waals surface area contributed by atoms with Gasteiger partial charge in [0.1, 0.15) is 0 Å². The van der Waals surface area contributed by atoms with Crippen molar-refractivity contribution < 1.29 is 4.79 Å². The highest BCUT2D eigenvalue weighted by atomic mass is 35.5. The smallest absolute Gasteiger partial charge is 0.251 e. The van der Waals surface area contributed by atoms with E-state index in [-0.39, 0.29) is 5.91 Å². The van der Waals surface area contributed by atoms with Crippen LogP contribution >= 0.6 is 11.6 Å². The Balaban J connectivity index is 2.12. The number of nitrogens with one attached hydrogen (secondary N) is 2. The molecular weight excluding hydrogens is 260 g/mol. The van der Waals surface area contributed by atoms with Crippen molar-refractivity contribution >= 4 is 23.2 Å². The van der Waals surface area contributed by atoms with Gasteiger partial charge in [-0.15, -0.1) is 0 Å². The minimum Gasteiger partial charge on any atom is -0.381 e. The third-order valence-corrected chi connectivity index (χ3v) is 4.08. The molecule has 0 bridgehead atoms. The van der Waals surface area contributed by atoms with Crippen molar-refractivity contribution in [2.24, 2.45) is 5.92 Å². The lowest BCUT2D eigenvalue weighted by atomic mass is 9.87. The van der Waals surface area contributed by atoms with Gasteiger partial charge in [-0.05, 0) is 37.0 Å². The van der Waals surface area contributed by atoms with Crippen LogP contribution < -0.4 is 10.6 Å². The Hall–Kier alpha value is -1.22. The molecule has 0 radical (unpaired) electrons. The molecule has 0 aromatic heterocycles. The summed E-state index contributed by atoms with van der Waals surface area (Å²) in [4.78, 5) is 11.6. The Morgan fingerprint density at radius 1 is 1.37 bits per heavy atom. The zero-order chi connectivity index (χ0) is 13.8. The van der Waals surface area contributed by atoms with E-state index in [1.54, 1.807) is 19.2 Å². The molecule has 0 aliphatic heterocycles. The molecule has 2 atom stereocenters. The third-order valence-electron chi connectivity index (χ3n) is 3.75. The second-order valence-corrected chi connectivity index (χ2v) is 5.79. The van der Waals surface area contributed by atoms with E-state index in [4.69, 9.17) is 11.6 Å². The molecule has 19 heavy (non-hydrogen) atoms. The van der Waals surface area contributed by atoms with Crippen molar-refractivity contribution in [2.45, 2.75) is 38.6 Å².